The molecule has 0 aliphatic rings. The second kappa shape index (κ2) is 18.0. The zero-order chi connectivity index (χ0) is 26.9. The average molecular weight is 513 g/mol. The summed E-state index contributed by atoms with van der Waals surface area (Å²) >= 11 is 1.74. The molecule has 0 aromatic heterocycles. The molecule has 6 heteroatoms. The number of hydrogen-bond acceptors (Lipinski definition) is 6. The van der Waals surface area contributed by atoms with E-state index in [0.29, 0.717) is 31.5 Å². The van der Waals surface area contributed by atoms with E-state index in [1.807, 2.05) is 24.1 Å². The van der Waals surface area contributed by atoms with Crippen molar-refractivity contribution in [1.29, 1.82) is 0 Å². The Morgan fingerprint density at radius 3 is 2.14 bits per heavy atom. The van der Waals surface area contributed by atoms with Gasteiger partial charge in [-0.3, -0.25) is 14.6 Å². The van der Waals surface area contributed by atoms with Gasteiger partial charge in [-0.1, -0.05) is 36.4 Å². The summed E-state index contributed by atoms with van der Waals surface area (Å²) in [5.41, 5.74) is 3.73. The summed E-state index contributed by atoms with van der Waals surface area (Å²) in [7, 11) is 1.91. The number of thioether (sulfide) groups is 1. The van der Waals surface area contributed by atoms with Crippen molar-refractivity contribution in [2.45, 2.75) is 77.8 Å². The van der Waals surface area contributed by atoms with Gasteiger partial charge in [-0.2, -0.15) is 0 Å². The quantitative estimate of drug-likeness (QED) is 0.144. The zero-order valence-electron chi connectivity index (χ0n) is 22.9. The molecule has 0 N–H and O–H groups in total. The number of likely N-dealkylation sites (N-methyl/N-ethyl adjacent to an activating group) is 1. The van der Waals surface area contributed by atoms with Crippen LogP contribution in [0.25, 0.3) is 0 Å². The molecule has 198 valence electrons. The zero-order valence-corrected chi connectivity index (χ0v) is 23.7. The van der Waals surface area contributed by atoms with Crippen molar-refractivity contribution in [2.24, 2.45) is 0 Å². The van der Waals surface area contributed by atoms with Gasteiger partial charge in [-0.25, -0.2) is 0 Å². The second-order valence-electron chi connectivity index (χ2n) is 9.67. The first-order valence-corrected chi connectivity index (χ1v) is 13.8. The Bertz CT molecular complexity index is 880. The lowest BCUT2D eigenvalue weighted by atomic mass is 10.1. The highest BCUT2D eigenvalue weighted by molar-refractivity contribution is 8.02. The van der Waals surface area contributed by atoms with Gasteiger partial charge in [-0.05, 0) is 83.4 Å². The van der Waals surface area contributed by atoms with Crippen LogP contribution in [0.15, 0.2) is 59.0 Å². The van der Waals surface area contributed by atoms with Crippen LogP contribution in [0, 0.1) is 0 Å². The van der Waals surface area contributed by atoms with Crippen molar-refractivity contribution >= 4 is 30.6 Å². The Morgan fingerprint density at radius 2 is 1.58 bits per heavy atom. The van der Waals surface area contributed by atoms with Crippen LogP contribution >= 0.6 is 11.8 Å². The van der Waals surface area contributed by atoms with Crippen LogP contribution < -0.4 is 0 Å². The van der Waals surface area contributed by atoms with Crippen molar-refractivity contribution < 1.29 is 14.4 Å². The molecule has 0 saturated heterocycles. The van der Waals surface area contributed by atoms with Crippen molar-refractivity contribution in [3.63, 3.8) is 0 Å². The number of rotatable bonds is 18. The third kappa shape index (κ3) is 12.1. The van der Waals surface area contributed by atoms with Crippen LogP contribution in [0.3, 0.4) is 0 Å². The number of allylic oxidation sites excluding steroid dienone is 4. The van der Waals surface area contributed by atoms with Gasteiger partial charge < -0.3 is 9.59 Å². The minimum absolute atomic E-state index is 0.287. The van der Waals surface area contributed by atoms with Gasteiger partial charge in [0, 0.05) is 42.3 Å². The molecule has 0 aliphatic heterocycles. The SMILES string of the molecule is C\C(CN(C)C(C=O)CCC=O)=C(/C=C\C=C\C=O)SCc1ccc(CCN(C(C)C)C(C)C)cc1. The van der Waals surface area contributed by atoms with Crippen LogP contribution in [-0.2, 0) is 26.6 Å². The molecular weight excluding hydrogens is 468 g/mol. The third-order valence-electron chi connectivity index (χ3n) is 6.16. The molecular formula is C30H44N2O3S. The highest BCUT2D eigenvalue weighted by Crippen LogP contribution is 2.27. The van der Waals surface area contributed by atoms with E-state index >= 15 is 0 Å². The van der Waals surface area contributed by atoms with Crippen LogP contribution in [0.2, 0.25) is 0 Å². The number of nitrogens with zero attached hydrogens (tertiary/aromatic N) is 2. The van der Waals surface area contributed by atoms with Crippen LogP contribution in [0.1, 0.15) is 58.6 Å². The van der Waals surface area contributed by atoms with E-state index in [2.05, 4.69) is 63.8 Å². The van der Waals surface area contributed by atoms with Crippen LogP contribution in [0.5, 0.6) is 0 Å². The predicted octanol–water partition coefficient (Wildman–Crippen LogP) is 5.64. The first kappa shape index (κ1) is 31.7. The summed E-state index contributed by atoms with van der Waals surface area (Å²) in [5.74, 6) is 0.824. The van der Waals surface area contributed by atoms with Crippen LogP contribution in [-0.4, -0.2) is 66.9 Å². The summed E-state index contributed by atoms with van der Waals surface area (Å²) in [6, 6.07) is 9.64. The standard InChI is InChI=1S/C30H44N2O3S/c1-24(2)32(25(3)4)18-17-27-13-15-28(16-14-27)23-36-30(12-8-7-9-19-33)26(5)21-31(6)29(22-35)11-10-20-34/h7-9,12-16,19-20,22,24-25,29H,10-11,17-18,21,23H2,1-6H3/b9-7+,12-8-,30-26-. The van der Waals surface area contributed by atoms with E-state index in [0.717, 1.165) is 48.1 Å². The first-order chi connectivity index (χ1) is 17.2. The fourth-order valence-electron chi connectivity index (χ4n) is 4.10. The van der Waals surface area contributed by atoms with Crippen molar-refractivity contribution in [3.8, 4) is 0 Å². The molecule has 0 aliphatic carbocycles. The van der Waals surface area contributed by atoms with Crippen molar-refractivity contribution in [3.05, 3.63) is 70.2 Å². The minimum Gasteiger partial charge on any atom is -0.303 e. The number of hydrogen-bond donors (Lipinski definition) is 0. The Morgan fingerprint density at radius 1 is 0.944 bits per heavy atom. The second-order valence-corrected chi connectivity index (χ2v) is 10.7. The van der Waals surface area contributed by atoms with Crippen LogP contribution in [0.4, 0.5) is 0 Å². The summed E-state index contributed by atoms with van der Waals surface area (Å²) < 4.78 is 0. The van der Waals surface area contributed by atoms with Gasteiger partial charge in [0.05, 0.1) is 6.04 Å². The summed E-state index contributed by atoms with van der Waals surface area (Å²) in [6.45, 7) is 12.7. The lowest BCUT2D eigenvalue weighted by Gasteiger charge is -2.30. The number of carbonyl (C=O) groups is 3. The summed E-state index contributed by atoms with van der Waals surface area (Å²) in [4.78, 5) is 38.4. The first-order valence-electron chi connectivity index (χ1n) is 12.8. The molecule has 0 bridgehead atoms. The highest BCUT2D eigenvalue weighted by Gasteiger charge is 2.15. The van der Waals surface area contributed by atoms with Crippen molar-refractivity contribution in [1.82, 2.24) is 9.80 Å². The molecule has 1 unspecified atom stereocenters. The summed E-state index contributed by atoms with van der Waals surface area (Å²) in [6.07, 6.45) is 11.5. The maximum Gasteiger partial charge on any atom is 0.142 e. The monoisotopic (exact) mass is 512 g/mol. The molecule has 0 radical (unpaired) electrons. The van der Waals surface area contributed by atoms with Crippen molar-refractivity contribution in [2.75, 3.05) is 20.1 Å². The lowest BCUT2D eigenvalue weighted by Crippen LogP contribution is -2.38. The van der Waals surface area contributed by atoms with Gasteiger partial charge in [0.15, 0.2) is 0 Å². The smallest absolute Gasteiger partial charge is 0.142 e. The Balaban J connectivity index is 2.89. The Hall–Kier alpha value is -2.28. The van der Waals surface area contributed by atoms with E-state index in [9.17, 15) is 14.4 Å². The normalized spacial score (nSPS) is 13.8. The van der Waals surface area contributed by atoms with Gasteiger partial charge in [0.2, 0.25) is 0 Å². The minimum atomic E-state index is -0.287. The largest absolute Gasteiger partial charge is 0.303 e. The lowest BCUT2D eigenvalue weighted by molar-refractivity contribution is -0.112. The van der Waals surface area contributed by atoms with Gasteiger partial charge in [-0.15, -0.1) is 11.8 Å². The van der Waals surface area contributed by atoms with Gasteiger partial charge in [0.1, 0.15) is 18.9 Å². The molecule has 1 aromatic carbocycles. The van der Waals surface area contributed by atoms with E-state index in [1.54, 1.807) is 17.8 Å². The third-order valence-corrected chi connectivity index (χ3v) is 7.43. The molecule has 5 nitrogen and oxygen atoms in total. The molecule has 0 spiro atoms. The fourth-order valence-corrected chi connectivity index (χ4v) is 5.10. The van der Waals surface area contributed by atoms with E-state index < -0.39 is 0 Å². The molecule has 0 amide bonds. The molecule has 0 fully saturated rings. The Kier molecular flexibility index (Phi) is 15.9. The molecule has 1 atom stereocenters. The fraction of sp³-hybridized carbons (Fsp3) is 0.500. The highest BCUT2D eigenvalue weighted by atomic mass is 32.2. The molecule has 0 heterocycles. The number of benzene rings is 1. The molecule has 1 rings (SSSR count). The number of carbonyl (C=O) groups excluding carboxylic acids is 3. The Labute approximate surface area is 222 Å². The van der Waals surface area contributed by atoms with E-state index in [4.69, 9.17) is 0 Å². The van der Waals surface area contributed by atoms with E-state index in [-0.39, 0.29) is 6.04 Å². The molecule has 36 heavy (non-hydrogen) atoms. The molecule has 0 saturated carbocycles. The summed E-state index contributed by atoms with van der Waals surface area (Å²) in [5, 5.41) is 0. The van der Waals surface area contributed by atoms with Gasteiger partial charge >= 0.3 is 0 Å². The average Bonchev–Trinajstić information content (AvgIpc) is 2.84. The molecule has 1 aromatic rings. The topological polar surface area (TPSA) is 57.7 Å². The number of aldehydes is 3. The maximum atomic E-state index is 11.5. The maximum absolute atomic E-state index is 11.5. The predicted molar refractivity (Wildman–Crippen MR) is 153 cm³/mol. The van der Waals surface area contributed by atoms with E-state index in [1.165, 1.54) is 17.2 Å². The van der Waals surface area contributed by atoms with Gasteiger partial charge in [0.25, 0.3) is 0 Å².